The molecule has 0 fully saturated rings. The van der Waals surface area contributed by atoms with Crippen LogP contribution in [0.25, 0.3) is 86.8 Å². The number of hydrogen-bond acceptors (Lipinski definition) is 3. The summed E-state index contributed by atoms with van der Waals surface area (Å²) >= 11 is 1.76. The van der Waals surface area contributed by atoms with Gasteiger partial charge >= 0.3 is 0 Å². The largest absolute Gasteiger partial charge is 0.264 e. The third-order valence-electron chi connectivity index (χ3n) is 9.00. The molecule has 0 N–H and O–H groups in total. The molecule has 0 radical (unpaired) electrons. The zero-order valence-corrected chi connectivity index (χ0v) is 26.3. The van der Waals surface area contributed by atoms with Crippen molar-refractivity contribution in [2.24, 2.45) is 0 Å². The lowest BCUT2D eigenvalue weighted by Crippen LogP contribution is -1.88. The maximum Gasteiger partial charge on any atom is 0.124 e. The fourth-order valence-electron chi connectivity index (χ4n) is 6.63. The number of rotatable bonds is 5. The minimum absolute atomic E-state index is 1.02. The summed E-state index contributed by atoms with van der Waals surface area (Å²) in [7, 11) is 0. The Bertz CT molecular complexity index is 2530. The van der Waals surface area contributed by atoms with Crippen LogP contribution >= 0.6 is 11.3 Å². The molecule has 0 aliphatic heterocycles. The minimum Gasteiger partial charge on any atom is -0.264 e. The van der Waals surface area contributed by atoms with Gasteiger partial charge in [-0.1, -0.05) is 133 Å². The number of thiazole rings is 1. The van der Waals surface area contributed by atoms with Crippen LogP contribution in [0.4, 0.5) is 0 Å². The number of hydrogen-bond donors (Lipinski definition) is 0. The van der Waals surface area contributed by atoms with Gasteiger partial charge in [-0.25, -0.2) is 4.98 Å². The minimum atomic E-state index is 1.02. The lowest BCUT2D eigenvalue weighted by molar-refractivity contribution is 1.33. The summed E-state index contributed by atoms with van der Waals surface area (Å²) in [6.45, 7) is 0. The van der Waals surface area contributed by atoms with E-state index in [4.69, 9.17) is 4.98 Å². The van der Waals surface area contributed by atoms with Crippen molar-refractivity contribution in [1.29, 1.82) is 0 Å². The molecule has 2 heterocycles. The highest BCUT2D eigenvalue weighted by atomic mass is 32.1. The molecule has 0 spiro atoms. The topological polar surface area (TPSA) is 25.8 Å². The molecule has 9 aromatic rings. The lowest BCUT2D eigenvalue weighted by Gasteiger charge is -2.13. The van der Waals surface area contributed by atoms with E-state index in [1.165, 1.54) is 48.5 Å². The molecule has 0 atom stereocenters. The third kappa shape index (κ3) is 4.98. The molecule has 0 aliphatic rings. The van der Waals surface area contributed by atoms with Gasteiger partial charge in [0, 0.05) is 23.5 Å². The Morgan fingerprint density at radius 2 is 1.02 bits per heavy atom. The van der Waals surface area contributed by atoms with E-state index in [1.54, 1.807) is 11.3 Å². The van der Waals surface area contributed by atoms with Crippen LogP contribution in [0.5, 0.6) is 0 Å². The number of benzene rings is 7. The average Bonchev–Trinajstić information content (AvgIpc) is 3.59. The highest BCUT2D eigenvalue weighted by Crippen LogP contribution is 2.42. The van der Waals surface area contributed by atoms with Crippen molar-refractivity contribution in [3.05, 3.63) is 170 Å². The first-order valence-corrected chi connectivity index (χ1v) is 16.6. The zero-order chi connectivity index (χ0) is 31.2. The van der Waals surface area contributed by atoms with E-state index in [9.17, 15) is 0 Å². The molecule has 0 aliphatic carbocycles. The molecule has 2 nitrogen and oxygen atoms in total. The maximum absolute atomic E-state index is 5.30. The van der Waals surface area contributed by atoms with E-state index in [0.29, 0.717) is 0 Å². The molecule has 47 heavy (non-hydrogen) atoms. The normalized spacial score (nSPS) is 11.4. The summed E-state index contributed by atoms with van der Waals surface area (Å²) in [5, 5.41) is 6.06. The molecule has 0 amide bonds. The zero-order valence-electron chi connectivity index (χ0n) is 25.5. The van der Waals surface area contributed by atoms with E-state index < -0.39 is 0 Å². The molecule has 0 bridgehead atoms. The van der Waals surface area contributed by atoms with E-state index in [1.807, 2.05) is 18.5 Å². The van der Waals surface area contributed by atoms with Gasteiger partial charge in [0.15, 0.2) is 0 Å². The van der Waals surface area contributed by atoms with Crippen molar-refractivity contribution in [2.75, 3.05) is 0 Å². The van der Waals surface area contributed by atoms with Gasteiger partial charge in [-0.15, -0.1) is 11.3 Å². The Labute approximate surface area is 277 Å². The van der Waals surface area contributed by atoms with Gasteiger partial charge in [0.05, 0.1) is 10.2 Å². The van der Waals surface area contributed by atoms with E-state index in [0.717, 1.165) is 38.3 Å². The first-order valence-electron chi connectivity index (χ1n) is 15.8. The summed E-state index contributed by atoms with van der Waals surface area (Å²) in [4.78, 5) is 9.62. The van der Waals surface area contributed by atoms with Crippen molar-refractivity contribution in [2.45, 2.75) is 0 Å². The van der Waals surface area contributed by atoms with Crippen LogP contribution < -0.4 is 0 Å². The molecule has 0 saturated heterocycles. The second-order valence-corrected chi connectivity index (χ2v) is 12.9. The van der Waals surface area contributed by atoms with Crippen LogP contribution in [0.1, 0.15) is 0 Å². The van der Waals surface area contributed by atoms with Gasteiger partial charge in [-0.05, 0) is 84.8 Å². The van der Waals surface area contributed by atoms with Crippen LogP contribution in [0, 0.1) is 0 Å². The van der Waals surface area contributed by atoms with Gasteiger partial charge in [-0.2, -0.15) is 0 Å². The Kier molecular flexibility index (Phi) is 6.69. The van der Waals surface area contributed by atoms with Crippen molar-refractivity contribution in [1.82, 2.24) is 9.97 Å². The molecule has 7 aromatic carbocycles. The lowest BCUT2D eigenvalue weighted by atomic mass is 9.91. The van der Waals surface area contributed by atoms with Crippen molar-refractivity contribution < 1.29 is 0 Å². The van der Waals surface area contributed by atoms with Crippen LogP contribution in [0.15, 0.2) is 170 Å². The Hall–Kier alpha value is -5.90. The number of aromatic nitrogens is 2. The Morgan fingerprint density at radius 1 is 0.404 bits per heavy atom. The van der Waals surface area contributed by atoms with Crippen LogP contribution in [0.3, 0.4) is 0 Å². The predicted octanol–water partition coefficient (Wildman–Crippen LogP) is 12.3. The van der Waals surface area contributed by atoms with E-state index in [2.05, 4.69) is 157 Å². The molecular formula is C44H28N2S. The summed E-state index contributed by atoms with van der Waals surface area (Å²) in [5.74, 6) is 0. The quantitative estimate of drug-likeness (QED) is 0.180. The number of nitrogens with zero attached hydrogens (tertiary/aromatic N) is 2. The van der Waals surface area contributed by atoms with Crippen molar-refractivity contribution in [3.8, 4) is 55.1 Å². The molecule has 2 aromatic heterocycles. The number of fused-ring (bicyclic) bond motifs is 4. The highest BCUT2D eigenvalue weighted by molar-refractivity contribution is 7.21. The number of pyridine rings is 1. The average molecular weight is 617 g/mol. The summed E-state index contributed by atoms with van der Waals surface area (Å²) in [5.41, 5.74) is 11.5. The second-order valence-electron chi connectivity index (χ2n) is 11.8. The highest BCUT2D eigenvalue weighted by Gasteiger charge is 2.17. The fourth-order valence-corrected chi connectivity index (χ4v) is 7.67. The molecule has 220 valence electrons. The van der Waals surface area contributed by atoms with Gasteiger partial charge in [0.25, 0.3) is 0 Å². The van der Waals surface area contributed by atoms with Crippen molar-refractivity contribution in [3.63, 3.8) is 0 Å². The molecule has 0 saturated carbocycles. The van der Waals surface area contributed by atoms with E-state index in [-0.39, 0.29) is 0 Å². The SMILES string of the molecule is c1ccc(-c2ccc(-c3nc4c(-c5ccc(-c6cccnc6)cc5)cc(-c5cc6ccccc6c6ccccc56)cc4s3)cc2)cc1. The van der Waals surface area contributed by atoms with Gasteiger partial charge in [0.1, 0.15) is 5.01 Å². The van der Waals surface area contributed by atoms with E-state index >= 15 is 0 Å². The summed E-state index contributed by atoms with van der Waals surface area (Å²) in [6.07, 6.45) is 3.72. The predicted molar refractivity (Wildman–Crippen MR) is 200 cm³/mol. The summed E-state index contributed by atoms with van der Waals surface area (Å²) in [6, 6.07) is 56.6. The van der Waals surface area contributed by atoms with Crippen LogP contribution in [-0.4, -0.2) is 9.97 Å². The third-order valence-corrected chi connectivity index (χ3v) is 10.1. The smallest absolute Gasteiger partial charge is 0.124 e. The first kappa shape index (κ1) is 27.4. The standard InChI is InChI=1S/C44H28N2S/c1-2-9-29(10-3-1)30-18-22-33(23-19-30)44-46-43-41(32-20-16-31(17-21-32)35-12-8-24-45-28-35)26-36(27-42(43)47-44)40-25-34-11-4-5-13-37(34)38-14-6-7-15-39(38)40/h1-28H. The molecule has 9 rings (SSSR count). The maximum atomic E-state index is 5.30. The molecular weight excluding hydrogens is 589 g/mol. The monoisotopic (exact) mass is 616 g/mol. The fraction of sp³-hybridized carbons (Fsp3) is 0. The Morgan fingerprint density at radius 3 is 1.79 bits per heavy atom. The van der Waals surface area contributed by atoms with Crippen LogP contribution in [-0.2, 0) is 0 Å². The summed E-state index contributed by atoms with van der Waals surface area (Å²) < 4.78 is 1.17. The van der Waals surface area contributed by atoms with Crippen LogP contribution in [0.2, 0.25) is 0 Å². The Balaban J connectivity index is 1.23. The van der Waals surface area contributed by atoms with Crippen molar-refractivity contribution >= 4 is 43.1 Å². The molecule has 3 heteroatoms. The van der Waals surface area contributed by atoms with Gasteiger partial charge in [-0.3, -0.25) is 4.98 Å². The first-order chi connectivity index (χ1) is 23.3. The van der Waals surface area contributed by atoms with Gasteiger partial charge < -0.3 is 0 Å². The molecule has 0 unspecified atom stereocenters. The second kappa shape index (κ2) is 11.5. The van der Waals surface area contributed by atoms with Gasteiger partial charge in [0.2, 0.25) is 0 Å².